The highest BCUT2D eigenvalue weighted by Gasteiger charge is 2.26. The molecule has 0 bridgehead atoms. The zero-order chi connectivity index (χ0) is 40.4. The number of ether oxygens (including phenoxy) is 1. The number of nitrogens with one attached hydrogen (secondary N) is 2. The van der Waals surface area contributed by atoms with Crippen LogP contribution in [0, 0.1) is 0 Å². The number of carboxylic acids is 1. The number of sulfonamides is 1. The minimum atomic E-state index is -4.22. The summed E-state index contributed by atoms with van der Waals surface area (Å²) >= 11 is 3.39. The van der Waals surface area contributed by atoms with Crippen LogP contribution in [0.15, 0.2) is 143 Å². The number of hydrogen-bond acceptors (Lipinski definition) is 6. The van der Waals surface area contributed by atoms with Crippen LogP contribution in [0.1, 0.15) is 55.5 Å². The summed E-state index contributed by atoms with van der Waals surface area (Å²) in [5.74, 6) is -0.593. The maximum Gasteiger partial charge on any atom is 0.326 e. The van der Waals surface area contributed by atoms with E-state index in [1.54, 1.807) is 24.3 Å². The molecular weight excluding hydrogens is 802 g/mol. The first-order valence-corrected chi connectivity index (χ1v) is 21.4. The van der Waals surface area contributed by atoms with Crippen molar-refractivity contribution in [2.75, 3.05) is 22.7 Å². The lowest BCUT2D eigenvalue weighted by Gasteiger charge is -2.26. The minimum absolute atomic E-state index is 0.00948. The van der Waals surface area contributed by atoms with Crippen LogP contribution in [-0.4, -0.2) is 44.5 Å². The van der Waals surface area contributed by atoms with Crippen LogP contribution in [0.25, 0.3) is 21.9 Å². The number of fused-ring (bicyclic) bond motifs is 1. The van der Waals surface area contributed by atoms with Gasteiger partial charge in [-0.15, -0.1) is 0 Å². The molecule has 9 nitrogen and oxygen atoms in total. The number of anilines is 2. The van der Waals surface area contributed by atoms with Crippen LogP contribution in [0.3, 0.4) is 0 Å². The van der Waals surface area contributed by atoms with Gasteiger partial charge < -0.3 is 20.1 Å². The lowest BCUT2D eigenvalue weighted by molar-refractivity contribution is -0.139. The fraction of sp³-hybridized carbons (Fsp3) is 0.217. The molecule has 6 rings (SSSR count). The first-order chi connectivity index (χ1) is 27.6. The number of nitrogens with zero attached hydrogens (tertiary/aromatic N) is 1. The average molecular weight is 849 g/mol. The number of unbranched alkanes of at least 4 members (excludes halogenated alkanes) is 2. The average Bonchev–Trinajstić information content (AvgIpc) is 3.21. The molecule has 0 unspecified atom stereocenters. The molecule has 0 saturated heterocycles. The zero-order valence-corrected chi connectivity index (χ0v) is 34.4. The Kier molecular flexibility index (Phi) is 13.7. The SMILES string of the molecule is CCCCN(CCCC)c1cccc2c(S(=O)(=O)Nc3ccc(Br)cc3C(=O)N[C@@H](Cc3ccc(-c4ccccc4Oc4ccccc4)cc3)C(=O)O)cccc12. The molecule has 6 aromatic carbocycles. The van der Waals surface area contributed by atoms with Crippen LogP contribution in [0.2, 0.25) is 0 Å². The van der Waals surface area contributed by atoms with Crippen molar-refractivity contribution < 1.29 is 27.9 Å². The molecule has 0 spiro atoms. The standard InChI is InChI=1S/C46H46BrN3O6S/c1-3-5-28-50(29-6-4-2)42-19-12-18-38-37(42)17-13-21-44(38)57(54,55)49-40-27-26-34(47)31-39(40)45(51)48-41(46(52)53)30-32-22-24-33(25-23-32)36-16-10-11-20-43(36)56-35-14-8-7-9-15-35/h7-27,31,41,49H,3-6,28-30H2,1-2H3,(H,48,51)(H,52,53)/t41-/m0/s1. The van der Waals surface area contributed by atoms with Gasteiger partial charge in [0.1, 0.15) is 17.5 Å². The molecule has 0 radical (unpaired) electrons. The number of para-hydroxylation sites is 2. The predicted molar refractivity (Wildman–Crippen MR) is 232 cm³/mol. The van der Waals surface area contributed by atoms with E-state index >= 15 is 0 Å². The second kappa shape index (κ2) is 19.0. The van der Waals surface area contributed by atoms with Gasteiger partial charge in [0, 0.05) is 46.0 Å². The number of hydrogen-bond donors (Lipinski definition) is 3. The van der Waals surface area contributed by atoms with Gasteiger partial charge in [0.15, 0.2) is 0 Å². The number of aliphatic carboxylic acids is 1. The van der Waals surface area contributed by atoms with Crippen molar-refractivity contribution in [2.24, 2.45) is 0 Å². The monoisotopic (exact) mass is 847 g/mol. The summed E-state index contributed by atoms with van der Waals surface area (Å²) in [4.78, 5) is 28.7. The Morgan fingerprint density at radius 2 is 1.44 bits per heavy atom. The van der Waals surface area contributed by atoms with E-state index in [2.05, 4.69) is 44.7 Å². The van der Waals surface area contributed by atoms with E-state index in [1.807, 2.05) is 97.1 Å². The molecule has 11 heteroatoms. The number of amides is 1. The van der Waals surface area contributed by atoms with Crippen LogP contribution in [-0.2, 0) is 21.2 Å². The Labute approximate surface area is 342 Å². The second-order valence-electron chi connectivity index (χ2n) is 13.8. The van der Waals surface area contributed by atoms with Gasteiger partial charge in [-0.05, 0) is 72.5 Å². The summed E-state index contributed by atoms with van der Waals surface area (Å²) in [5.41, 5.74) is 3.38. The molecule has 1 atom stereocenters. The molecular formula is C46H46BrN3O6S. The summed E-state index contributed by atoms with van der Waals surface area (Å²) < 4.78 is 37.6. The highest BCUT2D eigenvalue weighted by molar-refractivity contribution is 9.10. The summed E-state index contributed by atoms with van der Waals surface area (Å²) in [6.45, 7) is 6.03. The fourth-order valence-corrected chi connectivity index (χ4v) is 8.38. The Hall–Kier alpha value is -5.65. The Bertz CT molecular complexity index is 2430. The third-order valence-corrected chi connectivity index (χ3v) is 11.6. The number of halogens is 1. The van der Waals surface area contributed by atoms with Crippen molar-refractivity contribution in [3.8, 4) is 22.6 Å². The van der Waals surface area contributed by atoms with Gasteiger partial charge in [-0.1, -0.05) is 128 Å². The van der Waals surface area contributed by atoms with Crippen molar-refractivity contribution in [3.63, 3.8) is 0 Å². The maximum absolute atomic E-state index is 14.1. The van der Waals surface area contributed by atoms with E-state index < -0.39 is 27.9 Å². The number of benzene rings is 6. The first kappa shape index (κ1) is 41.0. The van der Waals surface area contributed by atoms with Gasteiger partial charge >= 0.3 is 5.97 Å². The van der Waals surface area contributed by atoms with Crippen molar-refractivity contribution in [3.05, 3.63) is 149 Å². The topological polar surface area (TPSA) is 125 Å². The van der Waals surface area contributed by atoms with Gasteiger partial charge in [0.05, 0.1) is 16.1 Å². The molecule has 1 amide bonds. The van der Waals surface area contributed by atoms with E-state index in [4.69, 9.17) is 4.74 Å². The van der Waals surface area contributed by atoms with Gasteiger partial charge in [-0.2, -0.15) is 0 Å². The molecule has 0 aliphatic rings. The third kappa shape index (κ3) is 10.2. The van der Waals surface area contributed by atoms with Gasteiger partial charge in [-0.3, -0.25) is 9.52 Å². The smallest absolute Gasteiger partial charge is 0.326 e. The molecule has 57 heavy (non-hydrogen) atoms. The minimum Gasteiger partial charge on any atom is -0.480 e. The molecule has 6 aromatic rings. The molecule has 294 valence electrons. The van der Waals surface area contributed by atoms with Gasteiger partial charge in [-0.25, -0.2) is 13.2 Å². The fourth-order valence-electron chi connectivity index (χ4n) is 6.72. The predicted octanol–water partition coefficient (Wildman–Crippen LogP) is 10.7. The number of carbonyl (C=O) groups is 2. The molecule has 0 heterocycles. The first-order valence-electron chi connectivity index (χ1n) is 19.1. The lowest BCUT2D eigenvalue weighted by Crippen LogP contribution is -2.42. The number of rotatable bonds is 18. The Balaban J connectivity index is 1.21. The largest absolute Gasteiger partial charge is 0.480 e. The molecule has 0 saturated carbocycles. The van der Waals surface area contributed by atoms with Crippen LogP contribution < -0.4 is 19.7 Å². The zero-order valence-electron chi connectivity index (χ0n) is 32.0. The second-order valence-corrected chi connectivity index (χ2v) is 16.4. The van der Waals surface area contributed by atoms with Crippen LogP contribution >= 0.6 is 15.9 Å². The normalized spacial score (nSPS) is 11.8. The highest BCUT2D eigenvalue weighted by Crippen LogP contribution is 2.35. The number of carbonyl (C=O) groups excluding carboxylic acids is 1. The van der Waals surface area contributed by atoms with Crippen LogP contribution in [0.4, 0.5) is 11.4 Å². The highest BCUT2D eigenvalue weighted by atomic mass is 79.9. The molecule has 0 fully saturated rings. The molecule has 0 aliphatic carbocycles. The summed E-state index contributed by atoms with van der Waals surface area (Å²) in [5, 5.41) is 14.2. The quantitative estimate of drug-likeness (QED) is 0.0786. The van der Waals surface area contributed by atoms with Crippen molar-refractivity contribution in [1.29, 1.82) is 0 Å². The summed E-state index contributed by atoms with van der Waals surface area (Å²) in [7, 11) is -4.22. The van der Waals surface area contributed by atoms with E-state index in [0.29, 0.717) is 26.9 Å². The van der Waals surface area contributed by atoms with Gasteiger partial charge in [0.25, 0.3) is 15.9 Å². The molecule has 3 N–H and O–H groups in total. The molecule has 0 aliphatic heterocycles. The number of carboxylic acid groups (broad SMARTS) is 1. The Morgan fingerprint density at radius 3 is 2.14 bits per heavy atom. The molecule has 0 aromatic heterocycles. The maximum atomic E-state index is 14.1. The van der Waals surface area contributed by atoms with Crippen molar-refractivity contribution in [2.45, 2.75) is 56.9 Å². The van der Waals surface area contributed by atoms with E-state index in [-0.39, 0.29) is 22.6 Å². The van der Waals surface area contributed by atoms with E-state index in [9.17, 15) is 23.1 Å². The van der Waals surface area contributed by atoms with Crippen molar-refractivity contribution >= 4 is 60.0 Å². The van der Waals surface area contributed by atoms with E-state index in [1.165, 1.54) is 12.1 Å². The Morgan fingerprint density at radius 1 is 0.772 bits per heavy atom. The van der Waals surface area contributed by atoms with Crippen molar-refractivity contribution in [1.82, 2.24) is 5.32 Å². The van der Waals surface area contributed by atoms with Crippen LogP contribution in [0.5, 0.6) is 11.5 Å². The third-order valence-electron chi connectivity index (χ3n) is 9.69. The van der Waals surface area contributed by atoms with E-state index in [0.717, 1.165) is 61.0 Å². The summed E-state index contributed by atoms with van der Waals surface area (Å²) in [6.07, 6.45) is 4.11. The summed E-state index contributed by atoms with van der Waals surface area (Å²) in [6, 6.07) is 38.7. The van der Waals surface area contributed by atoms with Gasteiger partial charge in [0.2, 0.25) is 0 Å². The lowest BCUT2D eigenvalue weighted by atomic mass is 9.99.